The summed E-state index contributed by atoms with van der Waals surface area (Å²) in [6.45, 7) is 1.85. The Bertz CT molecular complexity index is 643. The third kappa shape index (κ3) is 3.28. The second kappa shape index (κ2) is 5.63. The molecule has 0 radical (unpaired) electrons. The molecule has 2 N–H and O–H groups in total. The third-order valence-electron chi connectivity index (χ3n) is 2.67. The molecule has 0 aliphatic rings. The minimum absolute atomic E-state index is 0.268. The van der Waals surface area contributed by atoms with Crippen molar-refractivity contribution >= 4 is 44.9 Å². The summed E-state index contributed by atoms with van der Waals surface area (Å²) >= 11 is 9.47. The van der Waals surface area contributed by atoms with Gasteiger partial charge in [0.05, 0.1) is 16.3 Å². The normalized spacial score (nSPS) is 10.3. The fourth-order valence-corrected chi connectivity index (χ4v) is 2.39. The summed E-state index contributed by atoms with van der Waals surface area (Å²) in [6, 6.07) is 10.5. The maximum atomic E-state index is 10.9. The SMILES string of the molecule is Cc1cc(C(=O)O)ccc1Nc1ccc(Br)cc1Cl. The van der Waals surface area contributed by atoms with Crippen LogP contribution in [-0.2, 0) is 0 Å². The molecule has 0 saturated heterocycles. The van der Waals surface area contributed by atoms with Crippen LogP contribution in [0.4, 0.5) is 11.4 Å². The highest BCUT2D eigenvalue weighted by molar-refractivity contribution is 9.10. The molecule has 0 aliphatic carbocycles. The average Bonchev–Trinajstić information content (AvgIpc) is 2.34. The molecule has 19 heavy (non-hydrogen) atoms. The van der Waals surface area contributed by atoms with E-state index in [1.807, 2.05) is 19.1 Å². The molecular formula is C14H11BrClNO2. The zero-order valence-corrected chi connectivity index (χ0v) is 12.4. The number of hydrogen-bond donors (Lipinski definition) is 2. The van der Waals surface area contributed by atoms with Crippen molar-refractivity contribution in [3.63, 3.8) is 0 Å². The number of hydrogen-bond acceptors (Lipinski definition) is 2. The number of carboxylic acid groups (broad SMARTS) is 1. The quantitative estimate of drug-likeness (QED) is 0.839. The van der Waals surface area contributed by atoms with Crippen molar-refractivity contribution in [2.75, 3.05) is 5.32 Å². The molecule has 2 rings (SSSR count). The second-order valence-corrected chi connectivity index (χ2v) is 5.41. The molecule has 3 nitrogen and oxygen atoms in total. The largest absolute Gasteiger partial charge is 0.478 e. The highest BCUT2D eigenvalue weighted by Gasteiger charge is 2.07. The van der Waals surface area contributed by atoms with Crippen molar-refractivity contribution in [1.82, 2.24) is 0 Å². The van der Waals surface area contributed by atoms with Crippen LogP contribution in [0.25, 0.3) is 0 Å². The Kier molecular flexibility index (Phi) is 4.12. The number of aromatic carboxylic acids is 1. The lowest BCUT2D eigenvalue weighted by atomic mass is 10.1. The molecule has 0 aliphatic heterocycles. The summed E-state index contributed by atoms with van der Waals surface area (Å²) in [7, 11) is 0. The number of rotatable bonds is 3. The Hall–Kier alpha value is -1.52. The van der Waals surface area contributed by atoms with E-state index in [9.17, 15) is 4.79 Å². The molecule has 5 heteroatoms. The monoisotopic (exact) mass is 339 g/mol. The van der Waals surface area contributed by atoms with E-state index < -0.39 is 5.97 Å². The van der Waals surface area contributed by atoms with Crippen molar-refractivity contribution in [1.29, 1.82) is 0 Å². The van der Waals surface area contributed by atoms with Crippen LogP contribution < -0.4 is 5.32 Å². The van der Waals surface area contributed by atoms with Gasteiger partial charge >= 0.3 is 5.97 Å². The summed E-state index contributed by atoms with van der Waals surface area (Å²) in [6.07, 6.45) is 0. The zero-order chi connectivity index (χ0) is 14.0. The minimum atomic E-state index is -0.934. The molecule has 0 amide bonds. The Labute approximate surface area is 124 Å². The molecule has 0 atom stereocenters. The van der Waals surface area contributed by atoms with Gasteiger partial charge < -0.3 is 10.4 Å². The lowest BCUT2D eigenvalue weighted by Gasteiger charge is -2.12. The van der Waals surface area contributed by atoms with E-state index in [1.165, 1.54) is 0 Å². The molecule has 0 heterocycles. The molecule has 0 spiro atoms. The maximum absolute atomic E-state index is 10.9. The molecule has 2 aromatic carbocycles. The van der Waals surface area contributed by atoms with Gasteiger partial charge in [0.1, 0.15) is 0 Å². The van der Waals surface area contributed by atoms with Gasteiger partial charge in [-0.1, -0.05) is 27.5 Å². The van der Waals surface area contributed by atoms with Crippen molar-refractivity contribution < 1.29 is 9.90 Å². The van der Waals surface area contributed by atoms with E-state index in [1.54, 1.807) is 24.3 Å². The summed E-state index contributed by atoms with van der Waals surface area (Å²) in [4.78, 5) is 10.9. The van der Waals surface area contributed by atoms with Crippen molar-refractivity contribution in [2.45, 2.75) is 6.92 Å². The molecule has 2 aromatic rings. The van der Waals surface area contributed by atoms with Crippen LogP contribution in [0.1, 0.15) is 15.9 Å². The van der Waals surface area contributed by atoms with Crippen LogP contribution in [0.3, 0.4) is 0 Å². The van der Waals surface area contributed by atoms with E-state index in [0.29, 0.717) is 5.02 Å². The second-order valence-electron chi connectivity index (χ2n) is 4.08. The van der Waals surface area contributed by atoms with Gasteiger partial charge in [0.25, 0.3) is 0 Å². The molecule has 98 valence electrons. The van der Waals surface area contributed by atoms with E-state index >= 15 is 0 Å². The highest BCUT2D eigenvalue weighted by Crippen LogP contribution is 2.29. The number of halogens is 2. The number of nitrogens with one attached hydrogen (secondary N) is 1. The van der Waals surface area contributed by atoms with E-state index in [2.05, 4.69) is 21.2 Å². The van der Waals surface area contributed by atoms with Crippen molar-refractivity contribution in [3.8, 4) is 0 Å². The molecule has 0 fully saturated rings. The summed E-state index contributed by atoms with van der Waals surface area (Å²) in [5.74, 6) is -0.934. The summed E-state index contributed by atoms with van der Waals surface area (Å²) < 4.78 is 0.904. The van der Waals surface area contributed by atoms with Gasteiger partial charge in [0.15, 0.2) is 0 Å². The van der Waals surface area contributed by atoms with Gasteiger partial charge in [-0.3, -0.25) is 0 Å². The van der Waals surface area contributed by atoms with Crippen LogP contribution in [-0.4, -0.2) is 11.1 Å². The Morgan fingerprint density at radius 1 is 1.21 bits per heavy atom. The lowest BCUT2D eigenvalue weighted by molar-refractivity contribution is 0.0697. The topological polar surface area (TPSA) is 49.3 Å². The van der Waals surface area contributed by atoms with E-state index in [0.717, 1.165) is 21.4 Å². The molecule has 0 aromatic heterocycles. The van der Waals surface area contributed by atoms with E-state index in [-0.39, 0.29) is 5.56 Å². The first-order valence-electron chi connectivity index (χ1n) is 5.53. The number of benzene rings is 2. The van der Waals surface area contributed by atoms with Gasteiger partial charge in [-0.15, -0.1) is 0 Å². The van der Waals surface area contributed by atoms with Gasteiger partial charge in [-0.2, -0.15) is 0 Å². The Morgan fingerprint density at radius 2 is 1.89 bits per heavy atom. The molecule has 0 unspecified atom stereocenters. The zero-order valence-electron chi connectivity index (χ0n) is 10.1. The van der Waals surface area contributed by atoms with E-state index in [4.69, 9.17) is 16.7 Å². The predicted octanol–water partition coefficient (Wildman–Crippen LogP) is 4.85. The Balaban J connectivity index is 2.31. The molecular weight excluding hydrogens is 330 g/mol. The number of carbonyl (C=O) groups is 1. The smallest absolute Gasteiger partial charge is 0.335 e. The number of carboxylic acids is 1. The highest BCUT2D eigenvalue weighted by atomic mass is 79.9. The van der Waals surface area contributed by atoms with Crippen molar-refractivity contribution in [3.05, 3.63) is 57.0 Å². The predicted molar refractivity (Wildman–Crippen MR) is 80.6 cm³/mol. The first-order valence-corrected chi connectivity index (χ1v) is 6.70. The van der Waals surface area contributed by atoms with Gasteiger partial charge in [-0.25, -0.2) is 4.79 Å². The van der Waals surface area contributed by atoms with Crippen LogP contribution in [0.2, 0.25) is 5.02 Å². The first kappa shape index (κ1) is 13.9. The van der Waals surface area contributed by atoms with Crippen LogP contribution in [0.15, 0.2) is 40.9 Å². The third-order valence-corrected chi connectivity index (χ3v) is 3.48. The summed E-state index contributed by atoms with van der Waals surface area (Å²) in [5, 5.41) is 12.7. The van der Waals surface area contributed by atoms with Gasteiger partial charge in [0.2, 0.25) is 0 Å². The maximum Gasteiger partial charge on any atom is 0.335 e. The van der Waals surface area contributed by atoms with Crippen LogP contribution in [0, 0.1) is 6.92 Å². The number of anilines is 2. The molecule has 0 bridgehead atoms. The minimum Gasteiger partial charge on any atom is -0.478 e. The summed E-state index contributed by atoms with van der Waals surface area (Å²) in [5.41, 5.74) is 2.72. The fraction of sp³-hybridized carbons (Fsp3) is 0.0714. The van der Waals surface area contributed by atoms with Crippen LogP contribution in [0.5, 0.6) is 0 Å². The lowest BCUT2D eigenvalue weighted by Crippen LogP contribution is -1.99. The Morgan fingerprint density at radius 3 is 2.47 bits per heavy atom. The first-order chi connectivity index (χ1) is 8.97. The average molecular weight is 341 g/mol. The van der Waals surface area contributed by atoms with Gasteiger partial charge in [0, 0.05) is 10.2 Å². The standard InChI is InChI=1S/C14H11BrClNO2/c1-8-6-9(14(18)19)2-4-12(8)17-13-5-3-10(15)7-11(13)16/h2-7,17H,1H3,(H,18,19). The van der Waals surface area contributed by atoms with Crippen LogP contribution >= 0.6 is 27.5 Å². The molecule has 0 saturated carbocycles. The fourth-order valence-electron chi connectivity index (χ4n) is 1.67. The number of aryl methyl sites for hydroxylation is 1. The van der Waals surface area contributed by atoms with Crippen molar-refractivity contribution in [2.24, 2.45) is 0 Å². The van der Waals surface area contributed by atoms with Gasteiger partial charge in [-0.05, 0) is 48.9 Å².